The minimum Gasteiger partial charge on any atom is -0.496 e. The first-order valence-corrected chi connectivity index (χ1v) is 16.5. The molecule has 0 saturated carbocycles. The topological polar surface area (TPSA) is 119 Å². The highest BCUT2D eigenvalue weighted by molar-refractivity contribution is 8.00. The molecule has 11 heteroatoms. The number of carbonyl (C=O) groups is 3. The number of carbonyl (C=O) groups excluding carboxylic acids is 3. The summed E-state index contributed by atoms with van der Waals surface area (Å²) in [6.45, 7) is 2.32. The molecule has 9 nitrogen and oxygen atoms in total. The summed E-state index contributed by atoms with van der Waals surface area (Å²) in [5, 5.41) is 10.8. The van der Waals surface area contributed by atoms with Crippen molar-refractivity contribution in [2.75, 3.05) is 30.1 Å². The first-order chi connectivity index (χ1) is 22.9. The zero-order valence-corrected chi connectivity index (χ0v) is 27.3. The Morgan fingerprint density at radius 1 is 0.872 bits per heavy atom. The molecule has 0 aliphatic carbocycles. The van der Waals surface area contributed by atoms with E-state index in [2.05, 4.69) is 20.9 Å². The Labute approximate surface area is 281 Å². The zero-order chi connectivity index (χ0) is 33.0. The number of rotatable bonds is 13. The number of ether oxygens (including phenoxy) is 2. The van der Waals surface area contributed by atoms with E-state index in [1.807, 2.05) is 60.8 Å². The largest absolute Gasteiger partial charge is 0.496 e. The molecule has 238 valence electrons. The fourth-order valence-electron chi connectivity index (χ4n) is 4.46. The number of amides is 3. The molecule has 5 aromatic rings. The normalized spacial score (nSPS) is 11.0. The van der Waals surface area contributed by atoms with Gasteiger partial charge in [0.1, 0.15) is 17.2 Å². The molecule has 0 bridgehead atoms. The molecule has 5 rings (SSSR count). The number of hydrogen-bond donors (Lipinski definition) is 3. The number of anilines is 2. The zero-order valence-electron chi connectivity index (χ0n) is 25.7. The molecule has 0 saturated heterocycles. The van der Waals surface area contributed by atoms with Crippen LogP contribution in [0.5, 0.6) is 11.5 Å². The van der Waals surface area contributed by atoms with E-state index < -0.39 is 11.8 Å². The second-order valence-electron chi connectivity index (χ2n) is 9.91. The maximum absolute atomic E-state index is 13.6. The smallest absolute Gasteiger partial charge is 0.272 e. The van der Waals surface area contributed by atoms with E-state index in [0.29, 0.717) is 45.7 Å². The first-order valence-electron chi connectivity index (χ1n) is 14.7. The lowest BCUT2D eigenvalue weighted by atomic mass is 10.1. The van der Waals surface area contributed by atoms with Crippen LogP contribution in [-0.2, 0) is 9.59 Å². The molecule has 0 aliphatic rings. The van der Waals surface area contributed by atoms with Gasteiger partial charge in [0, 0.05) is 32.7 Å². The standard InChI is InChI=1S/C36H32N4O5S2/c1-3-45-31-18-9-7-14-25(31)20-29(38-34(42)24-12-5-4-6-13-24)35(43)37-26-15-11-16-27(21-26)46-23-33(41)40-36-39-30(22-47-36)28-17-8-10-19-32(28)44-2/h4-22H,3,23H2,1-2H3,(H,37,43)(H,38,42)(H,39,40,41)/b29-20+. The van der Waals surface area contributed by atoms with Gasteiger partial charge in [-0.25, -0.2) is 4.98 Å². The fourth-order valence-corrected chi connectivity index (χ4v) is 5.94. The van der Waals surface area contributed by atoms with Gasteiger partial charge in [-0.15, -0.1) is 23.1 Å². The van der Waals surface area contributed by atoms with Crippen molar-refractivity contribution in [2.45, 2.75) is 11.8 Å². The van der Waals surface area contributed by atoms with Crippen LogP contribution in [0.3, 0.4) is 0 Å². The monoisotopic (exact) mass is 664 g/mol. The van der Waals surface area contributed by atoms with E-state index in [9.17, 15) is 14.4 Å². The van der Waals surface area contributed by atoms with E-state index in [-0.39, 0.29) is 17.4 Å². The SMILES string of the molecule is CCOc1ccccc1/C=C(/NC(=O)c1ccccc1)C(=O)Nc1cccc(SCC(=O)Nc2nc(-c3ccccc3OC)cs2)c1. The number of nitrogens with zero attached hydrogens (tertiary/aromatic N) is 1. The predicted molar refractivity (Wildman–Crippen MR) is 188 cm³/mol. The summed E-state index contributed by atoms with van der Waals surface area (Å²) < 4.78 is 11.1. The van der Waals surface area contributed by atoms with Gasteiger partial charge in [0.2, 0.25) is 5.91 Å². The minimum absolute atomic E-state index is 0.0411. The molecule has 4 aromatic carbocycles. The Morgan fingerprint density at radius 3 is 2.40 bits per heavy atom. The van der Waals surface area contributed by atoms with Crippen LogP contribution in [0.15, 0.2) is 119 Å². The fraction of sp³-hybridized carbons (Fsp3) is 0.111. The summed E-state index contributed by atoms with van der Waals surface area (Å²) in [5.74, 6) is 0.260. The number of benzene rings is 4. The lowest BCUT2D eigenvalue weighted by Gasteiger charge is -2.13. The minimum atomic E-state index is -0.518. The van der Waals surface area contributed by atoms with Crippen LogP contribution in [0.25, 0.3) is 17.3 Å². The third-order valence-electron chi connectivity index (χ3n) is 6.64. The molecule has 0 aliphatic heterocycles. The lowest BCUT2D eigenvalue weighted by molar-refractivity contribution is -0.114. The predicted octanol–water partition coefficient (Wildman–Crippen LogP) is 7.36. The Balaban J connectivity index is 1.25. The van der Waals surface area contributed by atoms with Crippen LogP contribution in [0, 0.1) is 0 Å². The summed E-state index contributed by atoms with van der Waals surface area (Å²) in [5.41, 5.74) is 3.15. The second-order valence-corrected chi connectivity index (χ2v) is 11.8. The number of para-hydroxylation sites is 2. The summed E-state index contributed by atoms with van der Waals surface area (Å²) in [6, 6.07) is 30.6. The highest BCUT2D eigenvalue weighted by Gasteiger charge is 2.17. The maximum atomic E-state index is 13.6. The Morgan fingerprint density at radius 2 is 1.62 bits per heavy atom. The number of hydrogen-bond acceptors (Lipinski definition) is 8. The van der Waals surface area contributed by atoms with Crippen molar-refractivity contribution in [1.29, 1.82) is 0 Å². The number of methoxy groups -OCH3 is 1. The van der Waals surface area contributed by atoms with Gasteiger partial charge in [-0.2, -0.15) is 0 Å². The molecule has 0 unspecified atom stereocenters. The third-order valence-corrected chi connectivity index (χ3v) is 8.39. The van der Waals surface area contributed by atoms with Crippen molar-refractivity contribution in [3.63, 3.8) is 0 Å². The van der Waals surface area contributed by atoms with Crippen molar-refractivity contribution in [2.24, 2.45) is 0 Å². The van der Waals surface area contributed by atoms with Gasteiger partial charge in [0.05, 0.1) is 25.2 Å². The van der Waals surface area contributed by atoms with Crippen LogP contribution in [0.2, 0.25) is 0 Å². The molecular formula is C36H32N4O5S2. The van der Waals surface area contributed by atoms with Crippen LogP contribution in [0.1, 0.15) is 22.8 Å². The molecule has 0 radical (unpaired) electrons. The molecule has 1 aromatic heterocycles. The van der Waals surface area contributed by atoms with Crippen molar-refractivity contribution >= 4 is 57.7 Å². The number of thiazole rings is 1. The highest BCUT2D eigenvalue weighted by atomic mass is 32.2. The van der Waals surface area contributed by atoms with Crippen LogP contribution < -0.4 is 25.4 Å². The Bertz CT molecular complexity index is 1890. The van der Waals surface area contributed by atoms with E-state index in [0.717, 1.165) is 10.5 Å². The van der Waals surface area contributed by atoms with Crippen molar-refractivity contribution in [1.82, 2.24) is 10.3 Å². The van der Waals surface area contributed by atoms with Crippen molar-refractivity contribution in [3.05, 3.63) is 125 Å². The molecule has 3 amide bonds. The lowest BCUT2D eigenvalue weighted by Crippen LogP contribution is -2.30. The average Bonchev–Trinajstić information content (AvgIpc) is 3.56. The Hall–Kier alpha value is -5.39. The summed E-state index contributed by atoms with van der Waals surface area (Å²) in [4.78, 5) is 44.7. The number of aromatic nitrogens is 1. The summed E-state index contributed by atoms with van der Waals surface area (Å²) >= 11 is 2.65. The van der Waals surface area contributed by atoms with Gasteiger partial charge in [0.15, 0.2) is 5.13 Å². The van der Waals surface area contributed by atoms with Gasteiger partial charge in [-0.1, -0.05) is 54.6 Å². The molecule has 47 heavy (non-hydrogen) atoms. The number of thioether (sulfide) groups is 1. The van der Waals surface area contributed by atoms with Crippen LogP contribution >= 0.6 is 23.1 Å². The molecule has 0 atom stereocenters. The van der Waals surface area contributed by atoms with Gasteiger partial charge < -0.3 is 25.4 Å². The van der Waals surface area contributed by atoms with Crippen LogP contribution in [-0.4, -0.2) is 42.2 Å². The van der Waals surface area contributed by atoms with E-state index in [1.165, 1.54) is 23.1 Å². The van der Waals surface area contributed by atoms with Crippen molar-refractivity contribution < 1.29 is 23.9 Å². The highest BCUT2D eigenvalue weighted by Crippen LogP contribution is 2.32. The van der Waals surface area contributed by atoms with E-state index >= 15 is 0 Å². The molecular weight excluding hydrogens is 633 g/mol. The summed E-state index contributed by atoms with van der Waals surface area (Å²) in [7, 11) is 1.61. The van der Waals surface area contributed by atoms with Crippen LogP contribution in [0.4, 0.5) is 10.8 Å². The van der Waals surface area contributed by atoms with Gasteiger partial charge in [0.25, 0.3) is 11.8 Å². The quantitative estimate of drug-likeness (QED) is 0.0889. The molecule has 1 heterocycles. The van der Waals surface area contributed by atoms with E-state index in [4.69, 9.17) is 9.47 Å². The molecule has 0 spiro atoms. The maximum Gasteiger partial charge on any atom is 0.272 e. The average molecular weight is 665 g/mol. The number of nitrogens with one attached hydrogen (secondary N) is 3. The first kappa shape index (κ1) is 33.0. The third kappa shape index (κ3) is 9.09. The Kier molecular flexibility index (Phi) is 11.4. The van der Waals surface area contributed by atoms with Gasteiger partial charge in [-0.05, 0) is 61.5 Å². The molecule has 3 N–H and O–H groups in total. The second kappa shape index (κ2) is 16.3. The summed E-state index contributed by atoms with van der Waals surface area (Å²) in [6.07, 6.45) is 1.59. The molecule has 0 fully saturated rings. The van der Waals surface area contributed by atoms with E-state index in [1.54, 1.807) is 67.8 Å². The van der Waals surface area contributed by atoms with Gasteiger partial charge in [-0.3, -0.25) is 14.4 Å². The van der Waals surface area contributed by atoms with Crippen molar-refractivity contribution in [3.8, 4) is 22.8 Å². The van der Waals surface area contributed by atoms with Gasteiger partial charge >= 0.3 is 0 Å².